The molecule has 1 rings (SSSR count). The maximum Gasteiger partial charge on any atom is 0.0497 e. The van der Waals surface area contributed by atoms with Gasteiger partial charge in [0.15, 0.2) is 0 Å². The number of benzene rings is 1. The fourth-order valence-electron chi connectivity index (χ4n) is 0.900. The van der Waals surface area contributed by atoms with E-state index in [1.165, 1.54) is 0 Å². The minimum absolute atomic E-state index is 0.0972. The van der Waals surface area contributed by atoms with Crippen LogP contribution in [-0.2, 0) is 0 Å². The summed E-state index contributed by atoms with van der Waals surface area (Å²) in [6.07, 6.45) is 0. The van der Waals surface area contributed by atoms with Crippen molar-refractivity contribution in [1.29, 1.82) is 0 Å². The standard InChI is InChI=1S/C9H10ClO/c1-7(6-11)8-4-2-3-5-9(8)10/h3-5,7,11H,6H2,1H3. The molecule has 11 heavy (non-hydrogen) atoms. The molecule has 0 bridgehead atoms. The van der Waals surface area contributed by atoms with Gasteiger partial charge >= 0.3 is 0 Å². The van der Waals surface area contributed by atoms with E-state index in [4.69, 9.17) is 16.7 Å². The lowest BCUT2D eigenvalue weighted by Gasteiger charge is -2.08. The molecule has 1 radical (unpaired) electrons. The van der Waals surface area contributed by atoms with Gasteiger partial charge in [0.05, 0.1) is 0 Å². The van der Waals surface area contributed by atoms with E-state index >= 15 is 0 Å². The average molecular weight is 170 g/mol. The molecule has 0 aromatic heterocycles. The fraction of sp³-hybridized carbons (Fsp3) is 0.333. The quantitative estimate of drug-likeness (QED) is 0.720. The third kappa shape index (κ3) is 1.95. The first-order valence-electron chi connectivity index (χ1n) is 3.52. The molecular formula is C9H10ClO. The molecule has 0 aliphatic heterocycles. The second-order valence-electron chi connectivity index (χ2n) is 2.53. The SMILES string of the molecule is CC(CO)c1c[c]ccc1Cl. The van der Waals surface area contributed by atoms with Crippen LogP contribution in [0.25, 0.3) is 0 Å². The second-order valence-corrected chi connectivity index (χ2v) is 2.94. The zero-order chi connectivity index (χ0) is 8.27. The summed E-state index contributed by atoms with van der Waals surface area (Å²) in [5.41, 5.74) is 0.955. The summed E-state index contributed by atoms with van der Waals surface area (Å²) in [5, 5.41) is 9.54. The van der Waals surface area contributed by atoms with Gasteiger partial charge in [-0.3, -0.25) is 0 Å². The minimum Gasteiger partial charge on any atom is -0.396 e. The van der Waals surface area contributed by atoms with Crippen molar-refractivity contribution in [3.63, 3.8) is 0 Å². The first-order chi connectivity index (χ1) is 5.25. The zero-order valence-corrected chi connectivity index (χ0v) is 7.10. The molecule has 1 N–H and O–H groups in total. The van der Waals surface area contributed by atoms with Gasteiger partial charge in [-0.25, -0.2) is 0 Å². The first kappa shape index (κ1) is 8.57. The van der Waals surface area contributed by atoms with Crippen LogP contribution in [0.5, 0.6) is 0 Å². The molecule has 1 unspecified atom stereocenters. The van der Waals surface area contributed by atoms with Crippen LogP contribution in [-0.4, -0.2) is 11.7 Å². The van der Waals surface area contributed by atoms with Crippen molar-refractivity contribution in [1.82, 2.24) is 0 Å². The van der Waals surface area contributed by atoms with Crippen LogP contribution in [0.3, 0.4) is 0 Å². The topological polar surface area (TPSA) is 20.2 Å². The van der Waals surface area contributed by atoms with Crippen molar-refractivity contribution in [2.75, 3.05) is 6.61 Å². The highest BCUT2D eigenvalue weighted by atomic mass is 35.5. The van der Waals surface area contributed by atoms with Crippen LogP contribution in [0.15, 0.2) is 18.2 Å². The van der Waals surface area contributed by atoms with Crippen molar-refractivity contribution < 1.29 is 5.11 Å². The van der Waals surface area contributed by atoms with Crippen molar-refractivity contribution in [3.8, 4) is 0 Å². The van der Waals surface area contributed by atoms with Crippen LogP contribution in [0, 0.1) is 6.07 Å². The molecule has 2 heteroatoms. The number of hydrogen-bond acceptors (Lipinski definition) is 1. The smallest absolute Gasteiger partial charge is 0.0497 e. The average Bonchev–Trinajstić information content (AvgIpc) is 2.04. The molecule has 1 nitrogen and oxygen atoms in total. The number of aliphatic hydroxyl groups excluding tert-OH is 1. The molecule has 1 aromatic carbocycles. The van der Waals surface area contributed by atoms with Crippen LogP contribution in [0.4, 0.5) is 0 Å². The molecule has 0 saturated carbocycles. The molecule has 1 aromatic rings. The molecule has 0 spiro atoms. The molecule has 0 fully saturated rings. The van der Waals surface area contributed by atoms with Gasteiger partial charge in [-0.15, -0.1) is 0 Å². The van der Waals surface area contributed by atoms with E-state index in [2.05, 4.69) is 6.07 Å². The maximum absolute atomic E-state index is 8.84. The Balaban J connectivity index is 2.93. The van der Waals surface area contributed by atoms with E-state index in [1.807, 2.05) is 13.0 Å². The summed E-state index contributed by atoms with van der Waals surface area (Å²) in [5.74, 6) is 0.0972. The highest BCUT2D eigenvalue weighted by Gasteiger charge is 2.06. The molecule has 0 amide bonds. The second kappa shape index (κ2) is 3.74. The Hall–Kier alpha value is -0.530. The third-order valence-electron chi connectivity index (χ3n) is 1.65. The van der Waals surface area contributed by atoms with E-state index in [-0.39, 0.29) is 12.5 Å². The number of halogens is 1. The maximum atomic E-state index is 8.84. The Morgan fingerprint density at radius 1 is 1.73 bits per heavy atom. The van der Waals surface area contributed by atoms with Crippen LogP contribution in [0.2, 0.25) is 5.02 Å². The lowest BCUT2D eigenvalue weighted by atomic mass is 10.0. The van der Waals surface area contributed by atoms with Crippen molar-refractivity contribution >= 4 is 11.6 Å². The minimum atomic E-state index is 0.0972. The van der Waals surface area contributed by atoms with Crippen LogP contribution < -0.4 is 0 Å². The van der Waals surface area contributed by atoms with Gasteiger partial charge in [-0.1, -0.05) is 24.6 Å². The summed E-state index contributed by atoms with van der Waals surface area (Å²) in [6.45, 7) is 2.05. The van der Waals surface area contributed by atoms with Crippen molar-refractivity contribution in [2.45, 2.75) is 12.8 Å². The fourth-order valence-corrected chi connectivity index (χ4v) is 1.20. The molecule has 0 aliphatic rings. The molecule has 0 heterocycles. The van der Waals surface area contributed by atoms with Crippen LogP contribution in [0.1, 0.15) is 18.4 Å². The largest absolute Gasteiger partial charge is 0.396 e. The monoisotopic (exact) mass is 169 g/mol. The predicted molar refractivity (Wildman–Crippen MR) is 45.8 cm³/mol. The summed E-state index contributed by atoms with van der Waals surface area (Å²) >= 11 is 5.87. The van der Waals surface area contributed by atoms with E-state index in [0.717, 1.165) is 5.56 Å². The van der Waals surface area contributed by atoms with Gasteiger partial charge in [0, 0.05) is 17.5 Å². The summed E-state index contributed by atoms with van der Waals surface area (Å²) in [4.78, 5) is 0. The van der Waals surface area contributed by atoms with Crippen molar-refractivity contribution in [3.05, 3.63) is 34.9 Å². The Bertz CT molecular complexity index is 235. The molecule has 0 saturated heterocycles. The zero-order valence-electron chi connectivity index (χ0n) is 6.34. The lowest BCUT2D eigenvalue weighted by Crippen LogP contribution is -1.98. The summed E-state index contributed by atoms with van der Waals surface area (Å²) < 4.78 is 0. The van der Waals surface area contributed by atoms with Gasteiger partial charge in [0.25, 0.3) is 0 Å². The van der Waals surface area contributed by atoms with Gasteiger partial charge < -0.3 is 5.11 Å². The number of aliphatic hydroxyl groups is 1. The molecule has 1 atom stereocenters. The van der Waals surface area contributed by atoms with E-state index in [9.17, 15) is 0 Å². The molecule has 59 valence electrons. The molecular weight excluding hydrogens is 160 g/mol. The Morgan fingerprint density at radius 3 is 3.00 bits per heavy atom. The van der Waals surface area contributed by atoms with Gasteiger partial charge in [0.1, 0.15) is 0 Å². The summed E-state index contributed by atoms with van der Waals surface area (Å²) in [7, 11) is 0. The lowest BCUT2D eigenvalue weighted by molar-refractivity contribution is 0.273. The van der Waals surface area contributed by atoms with E-state index in [1.54, 1.807) is 12.1 Å². The number of hydrogen-bond donors (Lipinski definition) is 1. The first-order valence-corrected chi connectivity index (χ1v) is 3.90. The van der Waals surface area contributed by atoms with Gasteiger partial charge in [-0.05, 0) is 23.8 Å². The van der Waals surface area contributed by atoms with E-state index < -0.39 is 0 Å². The highest BCUT2D eigenvalue weighted by molar-refractivity contribution is 6.31. The Morgan fingerprint density at radius 2 is 2.45 bits per heavy atom. The normalized spacial score (nSPS) is 13.0. The summed E-state index contributed by atoms with van der Waals surface area (Å²) in [6, 6.07) is 8.27. The van der Waals surface area contributed by atoms with Gasteiger partial charge in [-0.2, -0.15) is 0 Å². The highest BCUT2D eigenvalue weighted by Crippen LogP contribution is 2.22. The number of rotatable bonds is 2. The molecule has 0 aliphatic carbocycles. The Kier molecular flexibility index (Phi) is 2.92. The predicted octanol–water partition coefficient (Wildman–Crippen LogP) is 2.24. The third-order valence-corrected chi connectivity index (χ3v) is 1.99. The van der Waals surface area contributed by atoms with Gasteiger partial charge in [0.2, 0.25) is 0 Å². The van der Waals surface area contributed by atoms with Crippen molar-refractivity contribution in [2.24, 2.45) is 0 Å². The van der Waals surface area contributed by atoms with Crippen LogP contribution >= 0.6 is 11.6 Å². The Labute approximate surface area is 71.6 Å². The van der Waals surface area contributed by atoms with E-state index in [0.29, 0.717) is 5.02 Å².